The molecule has 1 atom stereocenters. The molecule has 2 heterocycles. The molecule has 1 aromatic carbocycles. The lowest BCUT2D eigenvalue weighted by Crippen LogP contribution is -2.42. The Hall–Kier alpha value is -1.42. The van der Waals surface area contributed by atoms with Crippen LogP contribution in [0.3, 0.4) is 0 Å². The van der Waals surface area contributed by atoms with Gasteiger partial charge in [0.2, 0.25) is 10.0 Å². The third kappa shape index (κ3) is 3.02. The standard InChI is InChI=1S/C16H21N3O2S/c17-12-14-5-7-16(8-6-14)22(20,21)19-11-3-4-15(19)13-18-9-1-2-10-18/h5-8,15H,1-4,9-11,13H2/t15-/m1/s1. The summed E-state index contributed by atoms with van der Waals surface area (Å²) < 4.78 is 27.3. The van der Waals surface area contributed by atoms with Gasteiger partial charge in [0.1, 0.15) is 0 Å². The van der Waals surface area contributed by atoms with E-state index in [1.807, 2.05) is 6.07 Å². The van der Waals surface area contributed by atoms with Crippen molar-refractivity contribution in [2.45, 2.75) is 36.6 Å². The van der Waals surface area contributed by atoms with Crippen molar-refractivity contribution in [1.29, 1.82) is 5.26 Å². The van der Waals surface area contributed by atoms with Gasteiger partial charge < -0.3 is 4.90 Å². The SMILES string of the molecule is N#Cc1ccc(S(=O)(=O)N2CCC[C@@H]2CN2CCCC2)cc1. The first-order valence-electron chi connectivity index (χ1n) is 7.85. The van der Waals surface area contributed by atoms with Gasteiger partial charge in [-0.05, 0) is 63.0 Å². The minimum absolute atomic E-state index is 0.0822. The molecule has 0 aliphatic carbocycles. The van der Waals surface area contributed by atoms with Crippen molar-refractivity contribution in [3.63, 3.8) is 0 Å². The zero-order chi connectivity index (χ0) is 15.6. The third-order valence-electron chi connectivity index (χ3n) is 4.58. The van der Waals surface area contributed by atoms with Crippen molar-refractivity contribution in [2.75, 3.05) is 26.2 Å². The Morgan fingerprint density at radius 1 is 1.09 bits per heavy atom. The Bertz CT molecular complexity index is 658. The lowest BCUT2D eigenvalue weighted by molar-refractivity contribution is 0.257. The van der Waals surface area contributed by atoms with Crippen LogP contribution < -0.4 is 0 Å². The van der Waals surface area contributed by atoms with Crippen LogP contribution >= 0.6 is 0 Å². The minimum atomic E-state index is -3.46. The van der Waals surface area contributed by atoms with Crippen LogP contribution in [0.4, 0.5) is 0 Å². The average Bonchev–Trinajstić information content (AvgIpc) is 3.20. The van der Waals surface area contributed by atoms with E-state index in [-0.39, 0.29) is 6.04 Å². The van der Waals surface area contributed by atoms with Crippen LogP contribution in [-0.2, 0) is 10.0 Å². The molecule has 118 valence electrons. The Balaban J connectivity index is 1.78. The topological polar surface area (TPSA) is 64.4 Å². The first-order valence-corrected chi connectivity index (χ1v) is 9.29. The Labute approximate surface area is 132 Å². The van der Waals surface area contributed by atoms with Crippen molar-refractivity contribution in [3.8, 4) is 6.07 Å². The summed E-state index contributed by atoms with van der Waals surface area (Å²) in [6.07, 6.45) is 4.30. The first-order chi connectivity index (χ1) is 10.6. The maximum absolute atomic E-state index is 12.8. The van der Waals surface area contributed by atoms with E-state index >= 15 is 0 Å². The highest BCUT2D eigenvalue weighted by atomic mass is 32.2. The van der Waals surface area contributed by atoms with E-state index in [1.54, 1.807) is 28.6 Å². The second kappa shape index (κ2) is 6.37. The van der Waals surface area contributed by atoms with Crippen LogP contribution in [0.2, 0.25) is 0 Å². The molecule has 6 heteroatoms. The molecule has 0 bridgehead atoms. The highest BCUT2D eigenvalue weighted by molar-refractivity contribution is 7.89. The number of likely N-dealkylation sites (tertiary alicyclic amines) is 1. The van der Waals surface area contributed by atoms with Crippen LogP contribution in [0.15, 0.2) is 29.2 Å². The van der Waals surface area contributed by atoms with Crippen molar-refractivity contribution in [2.24, 2.45) is 0 Å². The lowest BCUT2D eigenvalue weighted by Gasteiger charge is -2.27. The summed E-state index contributed by atoms with van der Waals surface area (Å²) in [5.41, 5.74) is 0.481. The van der Waals surface area contributed by atoms with Crippen LogP contribution in [0.1, 0.15) is 31.2 Å². The number of nitriles is 1. The van der Waals surface area contributed by atoms with Gasteiger partial charge in [-0.2, -0.15) is 9.57 Å². The second-order valence-corrected chi connectivity index (χ2v) is 7.95. The fourth-order valence-electron chi connectivity index (χ4n) is 3.41. The molecule has 5 nitrogen and oxygen atoms in total. The van der Waals surface area contributed by atoms with Crippen LogP contribution in [0, 0.1) is 11.3 Å². The molecule has 3 rings (SSSR count). The Morgan fingerprint density at radius 3 is 2.41 bits per heavy atom. The monoisotopic (exact) mass is 319 g/mol. The Kier molecular flexibility index (Phi) is 4.48. The largest absolute Gasteiger partial charge is 0.302 e. The molecule has 0 unspecified atom stereocenters. The normalized spacial score (nSPS) is 23.7. The van der Waals surface area contributed by atoms with E-state index in [9.17, 15) is 8.42 Å². The quantitative estimate of drug-likeness (QED) is 0.849. The number of hydrogen-bond acceptors (Lipinski definition) is 4. The summed E-state index contributed by atoms with van der Waals surface area (Å²) in [7, 11) is -3.46. The number of benzene rings is 1. The number of rotatable bonds is 4. The van der Waals surface area contributed by atoms with E-state index in [4.69, 9.17) is 5.26 Å². The molecule has 2 aliphatic rings. The molecule has 2 fully saturated rings. The summed E-state index contributed by atoms with van der Waals surface area (Å²) in [5, 5.41) is 8.83. The van der Waals surface area contributed by atoms with Crippen molar-refractivity contribution < 1.29 is 8.42 Å². The zero-order valence-electron chi connectivity index (χ0n) is 12.6. The molecule has 0 N–H and O–H groups in total. The fraction of sp³-hybridized carbons (Fsp3) is 0.562. The van der Waals surface area contributed by atoms with Gasteiger partial charge in [0.05, 0.1) is 16.5 Å². The van der Waals surface area contributed by atoms with E-state index in [2.05, 4.69) is 4.90 Å². The lowest BCUT2D eigenvalue weighted by atomic mass is 10.2. The smallest absolute Gasteiger partial charge is 0.243 e. The molecule has 0 aromatic heterocycles. The molecule has 0 amide bonds. The fourth-order valence-corrected chi connectivity index (χ4v) is 5.09. The van der Waals surface area contributed by atoms with Crippen LogP contribution in [0.5, 0.6) is 0 Å². The summed E-state index contributed by atoms with van der Waals surface area (Å²) in [4.78, 5) is 2.66. The molecule has 2 saturated heterocycles. The van der Waals surface area contributed by atoms with Crippen LogP contribution in [0.25, 0.3) is 0 Å². The molecule has 1 aromatic rings. The maximum Gasteiger partial charge on any atom is 0.243 e. The molecule has 2 aliphatic heterocycles. The van der Waals surface area contributed by atoms with Gasteiger partial charge in [-0.1, -0.05) is 0 Å². The van der Waals surface area contributed by atoms with E-state index in [0.717, 1.165) is 32.5 Å². The van der Waals surface area contributed by atoms with E-state index < -0.39 is 10.0 Å². The second-order valence-electron chi connectivity index (χ2n) is 6.06. The summed E-state index contributed by atoms with van der Waals surface area (Å²) in [5.74, 6) is 0. The number of nitrogens with zero attached hydrogens (tertiary/aromatic N) is 3. The van der Waals surface area contributed by atoms with Gasteiger partial charge in [-0.3, -0.25) is 0 Å². The highest BCUT2D eigenvalue weighted by Gasteiger charge is 2.36. The molecule has 22 heavy (non-hydrogen) atoms. The van der Waals surface area contributed by atoms with Gasteiger partial charge in [-0.15, -0.1) is 0 Å². The van der Waals surface area contributed by atoms with Crippen molar-refractivity contribution in [1.82, 2.24) is 9.21 Å². The molecule has 0 saturated carbocycles. The first kappa shape index (κ1) is 15.5. The molecular formula is C16H21N3O2S. The average molecular weight is 319 g/mol. The van der Waals surface area contributed by atoms with Gasteiger partial charge in [0, 0.05) is 19.1 Å². The number of hydrogen-bond donors (Lipinski definition) is 0. The van der Waals surface area contributed by atoms with E-state index in [0.29, 0.717) is 17.0 Å². The van der Waals surface area contributed by atoms with Crippen LogP contribution in [-0.4, -0.2) is 49.8 Å². The van der Waals surface area contributed by atoms with Gasteiger partial charge >= 0.3 is 0 Å². The van der Waals surface area contributed by atoms with Crippen molar-refractivity contribution in [3.05, 3.63) is 29.8 Å². The third-order valence-corrected chi connectivity index (χ3v) is 6.55. The van der Waals surface area contributed by atoms with Gasteiger partial charge in [-0.25, -0.2) is 8.42 Å². The van der Waals surface area contributed by atoms with E-state index in [1.165, 1.54) is 12.8 Å². The van der Waals surface area contributed by atoms with Gasteiger partial charge in [0.15, 0.2) is 0 Å². The summed E-state index contributed by atoms with van der Waals surface area (Å²) in [6, 6.07) is 8.32. The Morgan fingerprint density at radius 2 is 1.77 bits per heavy atom. The van der Waals surface area contributed by atoms with Crippen molar-refractivity contribution >= 4 is 10.0 Å². The molecule has 0 spiro atoms. The number of sulfonamides is 1. The molecule has 0 radical (unpaired) electrons. The van der Waals surface area contributed by atoms with Gasteiger partial charge in [0.25, 0.3) is 0 Å². The summed E-state index contributed by atoms with van der Waals surface area (Å²) in [6.45, 7) is 3.61. The molecular weight excluding hydrogens is 298 g/mol. The maximum atomic E-state index is 12.8. The minimum Gasteiger partial charge on any atom is -0.302 e. The predicted molar refractivity (Wildman–Crippen MR) is 83.7 cm³/mol. The predicted octanol–water partition coefficient (Wildman–Crippen LogP) is 1.81. The zero-order valence-corrected chi connectivity index (χ0v) is 13.4. The highest BCUT2D eigenvalue weighted by Crippen LogP contribution is 2.27. The summed E-state index contributed by atoms with van der Waals surface area (Å²) >= 11 is 0.